The number of hydrogen-bond acceptors (Lipinski definition) is 4. The summed E-state index contributed by atoms with van der Waals surface area (Å²) in [5, 5.41) is 16.2. The molecule has 3 atom stereocenters. The van der Waals surface area contributed by atoms with Gasteiger partial charge < -0.3 is 10.0 Å². The van der Waals surface area contributed by atoms with Crippen molar-refractivity contribution in [3.8, 4) is 0 Å². The summed E-state index contributed by atoms with van der Waals surface area (Å²) in [6.45, 7) is 4.27. The lowest BCUT2D eigenvalue weighted by atomic mass is 9.79. The fourth-order valence-corrected chi connectivity index (χ4v) is 7.14. The largest absolute Gasteiger partial charge is 0.379 e. The van der Waals surface area contributed by atoms with Crippen molar-refractivity contribution >= 4 is 22.7 Å². The molecule has 2 aliphatic heterocycles. The van der Waals surface area contributed by atoms with Crippen molar-refractivity contribution in [3.05, 3.63) is 43.8 Å². The maximum Gasteiger partial charge on any atom is 0.134 e. The number of aryl methyl sites for hydroxylation is 2. The van der Waals surface area contributed by atoms with Crippen molar-refractivity contribution in [2.24, 2.45) is 5.92 Å². The second kappa shape index (κ2) is 6.24. The molecular formula is C20H27NOS2. The Kier molecular flexibility index (Phi) is 4.36. The van der Waals surface area contributed by atoms with E-state index < -0.39 is 5.60 Å². The topological polar surface area (TPSA) is 23.5 Å². The van der Waals surface area contributed by atoms with Gasteiger partial charge in [-0.2, -0.15) is 0 Å². The van der Waals surface area contributed by atoms with Gasteiger partial charge in [0.15, 0.2) is 0 Å². The van der Waals surface area contributed by atoms with Crippen LogP contribution in [0.4, 0.5) is 0 Å². The van der Waals surface area contributed by atoms with Crippen LogP contribution in [-0.4, -0.2) is 29.1 Å². The van der Waals surface area contributed by atoms with Crippen LogP contribution in [0.1, 0.15) is 53.0 Å². The molecule has 2 nitrogen and oxygen atoms in total. The van der Waals surface area contributed by atoms with E-state index >= 15 is 0 Å². The quantitative estimate of drug-likeness (QED) is 0.835. The first-order valence-corrected chi connectivity index (χ1v) is 10.8. The molecule has 2 bridgehead atoms. The zero-order valence-electron chi connectivity index (χ0n) is 14.8. The molecule has 2 fully saturated rings. The van der Waals surface area contributed by atoms with Gasteiger partial charge in [0.2, 0.25) is 0 Å². The van der Waals surface area contributed by atoms with E-state index in [0.717, 1.165) is 28.3 Å². The molecule has 1 N–H and O–H groups in total. The first kappa shape index (κ1) is 16.8. The van der Waals surface area contributed by atoms with Crippen LogP contribution in [0.15, 0.2) is 22.9 Å². The third kappa shape index (κ3) is 2.68. The minimum atomic E-state index is -0.809. The van der Waals surface area contributed by atoms with Gasteiger partial charge in [-0.3, -0.25) is 0 Å². The number of rotatable bonds is 4. The SMILES string of the molecule is Cc1ccsc1C(O)(CC1C[C@H]2CC[C@@H](C1)N2C)c1sccc1C. The number of piperidine rings is 1. The highest BCUT2D eigenvalue weighted by Gasteiger charge is 2.44. The van der Waals surface area contributed by atoms with Crippen molar-refractivity contribution in [3.63, 3.8) is 0 Å². The Balaban J connectivity index is 1.67. The Morgan fingerprint density at radius 2 is 1.54 bits per heavy atom. The van der Waals surface area contributed by atoms with Gasteiger partial charge in [0, 0.05) is 21.8 Å². The molecule has 4 heteroatoms. The maximum atomic E-state index is 11.9. The van der Waals surface area contributed by atoms with Gasteiger partial charge in [-0.05, 0) is 92.9 Å². The van der Waals surface area contributed by atoms with Crippen LogP contribution in [0.3, 0.4) is 0 Å². The van der Waals surface area contributed by atoms with Crippen molar-refractivity contribution in [2.75, 3.05) is 7.05 Å². The molecule has 0 aliphatic carbocycles. The molecule has 0 aromatic carbocycles. The van der Waals surface area contributed by atoms with Crippen molar-refractivity contribution in [2.45, 2.75) is 63.6 Å². The molecule has 0 saturated carbocycles. The van der Waals surface area contributed by atoms with E-state index in [0.29, 0.717) is 5.92 Å². The van der Waals surface area contributed by atoms with Gasteiger partial charge >= 0.3 is 0 Å². The summed E-state index contributed by atoms with van der Waals surface area (Å²) >= 11 is 3.43. The molecule has 2 aromatic heterocycles. The zero-order chi connectivity index (χ0) is 16.9. The third-order valence-electron chi connectivity index (χ3n) is 6.26. The third-order valence-corrected chi connectivity index (χ3v) is 8.59. The molecule has 2 saturated heterocycles. The summed E-state index contributed by atoms with van der Waals surface area (Å²) in [6, 6.07) is 5.75. The Hall–Kier alpha value is -0.680. The van der Waals surface area contributed by atoms with Crippen molar-refractivity contribution in [1.82, 2.24) is 4.90 Å². The Labute approximate surface area is 153 Å². The summed E-state index contributed by atoms with van der Waals surface area (Å²) in [4.78, 5) is 4.89. The summed E-state index contributed by atoms with van der Waals surface area (Å²) in [5.74, 6) is 0.617. The molecule has 4 heterocycles. The van der Waals surface area contributed by atoms with Crippen molar-refractivity contribution < 1.29 is 5.11 Å². The van der Waals surface area contributed by atoms with Crippen LogP contribution in [-0.2, 0) is 5.60 Å². The lowest BCUT2D eigenvalue weighted by molar-refractivity contribution is 0.0313. The fourth-order valence-electron chi connectivity index (χ4n) is 4.99. The van der Waals surface area contributed by atoms with E-state index in [1.165, 1.54) is 36.8 Å². The van der Waals surface area contributed by atoms with Crippen LogP contribution in [0.2, 0.25) is 0 Å². The number of thiophene rings is 2. The summed E-state index contributed by atoms with van der Waals surface area (Å²) in [6.07, 6.45) is 6.03. The maximum absolute atomic E-state index is 11.9. The summed E-state index contributed by atoms with van der Waals surface area (Å²) in [5.41, 5.74) is 1.65. The number of aliphatic hydroxyl groups is 1. The van der Waals surface area contributed by atoms with Crippen LogP contribution in [0.5, 0.6) is 0 Å². The highest BCUT2D eigenvalue weighted by Crippen LogP contribution is 2.48. The van der Waals surface area contributed by atoms with E-state index in [-0.39, 0.29) is 0 Å². The predicted molar refractivity (Wildman–Crippen MR) is 103 cm³/mol. The van der Waals surface area contributed by atoms with E-state index in [1.807, 2.05) is 0 Å². The summed E-state index contributed by atoms with van der Waals surface area (Å²) in [7, 11) is 2.29. The van der Waals surface area contributed by atoms with Gasteiger partial charge in [-0.25, -0.2) is 0 Å². The van der Waals surface area contributed by atoms with Gasteiger partial charge in [0.05, 0.1) is 0 Å². The van der Waals surface area contributed by atoms with Crippen LogP contribution >= 0.6 is 22.7 Å². The van der Waals surface area contributed by atoms with Crippen LogP contribution < -0.4 is 0 Å². The van der Waals surface area contributed by atoms with E-state index in [4.69, 9.17) is 0 Å². The highest BCUT2D eigenvalue weighted by atomic mass is 32.1. The second-order valence-corrected chi connectivity index (χ2v) is 9.65. The van der Waals surface area contributed by atoms with Gasteiger partial charge in [-0.15, -0.1) is 22.7 Å². The van der Waals surface area contributed by atoms with Gasteiger partial charge in [0.25, 0.3) is 0 Å². The Morgan fingerprint density at radius 1 is 1.04 bits per heavy atom. The molecule has 2 aliphatic rings. The lowest BCUT2D eigenvalue weighted by Crippen LogP contribution is -2.42. The predicted octanol–water partition coefficient (Wildman–Crippen LogP) is 4.93. The standard InChI is InChI=1S/C20H27NOS2/c1-13-6-8-23-18(13)20(22,19-14(2)7-9-24-19)12-15-10-16-4-5-17(11-15)21(16)3/h6-9,15-17,22H,4-5,10-12H2,1-3H3/t15?,16-,17+. The van der Waals surface area contributed by atoms with Crippen LogP contribution in [0, 0.1) is 19.8 Å². The molecule has 0 radical (unpaired) electrons. The molecular weight excluding hydrogens is 334 g/mol. The minimum Gasteiger partial charge on any atom is -0.379 e. The fraction of sp³-hybridized carbons (Fsp3) is 0.600. The smallest absolute Gasteiger partial charge is 0.134 e. The molecule has 2 aromatic rings. The first-order valence-electron chi connectivity index (χ1n) is 9.02. The average Bonchev–Trinajstić information content (AvgIpc) is 3.20. The average molecular weight is 362 g/mol. The monoisotopic (exact) mass is 361 g/mol. The van der Waals surface area contributed by atoms with E-state index in [9.17, 15) is 5.11 Å². The van der Waals surface area contributed by atoms with Gasteiger partial charge in [-0.1, -0.05) is 0 Å². The van der Waals surface area contributed by atoms with Crippen molar-refractivity contribution in [1.29, 1.82) is 0 Å². The number of fused-ring (bicyclic) bond motifs is 2. The Bertz CT molecular complexity index is 665. The molecule has 4 rings (SSSR count). The molecule has 24 heavy (non-hydrogen) atoms. The Morgan fingerprint density at radius 3 is 1.96 bits per heavy atom. The number of nitrogens with zero attached hydrogens (tertiary/aromatic N) is 1. The zero-order valence-corrected chi connectivity index (χ0v) is 16.4. The van der Waals surface area contributed by atoms with E-state index in [2.05, 4.69) is 48.7 Å². The first-order chi connectivity index (χ1) is 11.5. The molecule has 0 spiro atoms. The van der Waals surface area contributed by atoms with Crippen LogP contribution in [0.25, 0.3) is 0 Å². The minimum absolute atomic E-state index is 0.617. The molecule has 0 amide bonds. The van der Waals surface area contributed by atoms with E-state index in [1.54, 1.807) is 22.7 Å². The summed E-state index contributed by atoms with van der Waals surface area (Å²) < 4.78 is 0. The normalized spacial score (nSPS) is 27.8. The molecule has 1 unspecified atom stereocenters. The lowest BCUT2D eigenvalue weighted by Gasteiger charge is -2.40. The second-order valence-electron chi connectivity index (χ2n) is 7.82. The molecule has 130 valence electrons. The highest BCUT2D eigenvalue weighted by molar-refractivity contribution is 7.12. The number of hydrogen-bond donors (Lipinski definition) is 1. The van der Waals surface area contributed by atoms with Gasteiger partial charge in [0.1, 0.15) is 5.60 Å².